The van der Waals surface area contributed by atoms with Gasteiger partial charge in [-0.05, 0) is 24.2 Å². The maximum Gasteiger partial charge on any atom is 0.187 e. The van der Waals surface area contributed by atoms with Crippen LogP contribution in [0, 0.1) is 17.8 Å². The zero-order valence-electron chi connectivity index (χ0n) is 9.56. The summed E-state index contributed by atoms with van der Waals surface area (Å²) < 4.78 is 0. The van der Waals surface area contributed by atoms with Crippen molar-refractivity contribution in [3.63, 3.8) is 0 Å². The van der Waals surface area contributed by atoms with Crippen molar-refractivity contribution in [2.45, 2.75) is 60.3 Å². The number of hydrogen-bond donors (Lipinski definition) is 0. The van der Waals surface area contributed by atoms with E-state index in [1.165, 1.54) is 25.7 Å². The van der Waals surface area contributed by atoms with Crippen LogP contribution in [-0.4, -0.2) is 17.4 Å². The molecule has 1 heteroatoms. The molecule has 0 aromatic carbocycles. The van der Waals surface area contributed by atoms with Gasteiger partial charge in [0.1, 0.15) is 0 Å². The molecule has 0 aliphatic heterocycles. The van der Waals surface area contributed by atoms with Crippen molar-refractivity contribution < 1.29 is 0 Å². The molecule has 0 spiro atoms. The zero-order chi connectivity index (χ0) is 9.56. The van der Waals surface area contributed by atoms with Crippen molar-refractivity contribution in [1.29, 1.82) is 0 Å². The second-order valence-corrected chi connectivity index (χ2v) is 4.65. The van der Waals surface area contributed by atoms with Crippen molar-refractivity contribution in [3.8, 4) is 0 Å². The Morgan fingerprint density at radius 2 is 1.31 bits per heavy atom. The minimum absolute atomic E-state index is 0. The van der Waals surface area contributed by atoms with Crippen LogP contribution in [0.3, 0.4) is 0 Å². The van der Waals surface area contributed by atoms with Gasteiger partial charge in [0.15, 0.2) is 17.4 Å². The second-order valence-electron chi connectivity index (χ2n) is 4.65. The molecule has 0 nitrogen and oxygen atoms in total. The van der Waals surface area contributed by atoms with Crippen LogP contribution in [0.5, 0.6) is 0 Å². The van der Waals surface area contributed by atoms with Crippen molar-refractivity contribution in [2.75, 3.05) is 0 Å². The highest BCUT2D eigenvalue weighted by Crippen LogP contribution is 2.26. The Balaban J connectivity index is 0. The molecule has 0 aromatic rings. The summed E-state index contributed by atoms with van der Waals surface area (Å²) in [6.07, 6.45) is 5.62. The molecule has 0 aliphatic carbocycles. The van der Waals surface area contributed by atoms with Crippen LogP contribution in [0.2, 0.25) is 0 Å². The van der Waals surface area contributed by atoms with Gasteiger partial charge >= 0.3 is 0 Å². The molecular formula is C12H29Al. The lowest BCUT2D eigenvalue weighted by molar-refractivity contribution is 0.262. The molecule has 0 radical (unpaired) electrons. The van der Waals surface area contributed by atoms with Gasteiger partial charge in [0.25, 0.3) is 0 Å². The minimum atomic E-state index is 0. The van der Waals surface area contributed by atoms with Crippen molar-refractivity contribution in [2.24, 2.45) is 17.8 Å². The Hall–Kier alpha value is 0.532. The van der Waals surface area contributed by atoms with Crippen molar-refractivity contribution in [3.05, 3.63) is 0 Å². The largest absolute Gasteiger partial charge is 0.187 e. The molecule has 0 saturated carbocycles. The molecule has 0 aliphatic rings. The van der Waals surface area contributed by atoms with Gasteiger partial charge in [-0.25, -0.2) is 0 Å². The van der Waals surface area contributed by atoms with Gasteiger partial charge in [0.2, 0.25) is 0 Å². The Labute approximate surface area is 95.6 Å². The van der Waals surface area contributed by atoms with Gasteiger partial charge in [-0.2, -0.15) is 0 Å². The normalized spacial score (nSPS) is 11.1. The SMILES string of the molecule is CCCCCC(C(C)C)C(C)C.[AlH3]. The summed E-state index contributed by atoms with van der Waals surface area (Å²) in [4.78, 5) is 0. The van der Waals surface area contributed by atoms with Gasteiger partial charge in [-0.15, -0.1) is 0 Å². The zero-order valence-corrected chi connectivity index (χ0v) is 9.56. The Bertz CT molecular complexity index is 89.3. The maximum atomic E-state index is 2.36. The first kappa shape index (κ1) is 16.0. The summed E-state index contributed by atoms with van der Waals surface area (Å²) in [6, 6.07) is 0. The lowest BCUT2D eigenvalue weighted by Crippen LogP contribution is -2.15. The highest BCUT2D eigenvalue weighted by molar-refractivity contribution is 5.75. The van der Waals surface area contributed by atoms with Crippen LogP contribution < -0.4 is 0 Å². The van der Waals surface area contributed by atoms with Crippen LogP contribution in [0.4, 0.5) is 0 Å². The highest BCUT2D eigenvalue weighted by Gasteiger charge is 2.16. The molecule has 0 fully saturated rings. The number of unbranched alkanes of at least 4 members (excludes halogenated alkanes) is 2. The fourth-order valence-corrected chi connectivity index (χ4v) is 2.07. The molecule has 0 atom stereocenters. The molecule has 0 unspecified atom stereocenters. The van der Waals surface area contributed by atoms with E-state index in [1.807, 2.05) is 0 Å². The molecule has 13 heavy (non-hydrogen) atoms. The van der Waals surface area contributed by atoms with E-state index in [-0.39, 0.29) is 17.4 Å². The van der Waals surface area contributed by atoms with Crippen LogP contribution in [0.15, 0.2) is 0 Å². The van der Waals surface area contributed by atoms with E-state index in [0.29, 0.717) is 0 Å². The average molecular weight is 200 g/mol. The summed E-state index contributed by atoms with van der Waals surface area (Å²) in [5.74, 6) is 2.67. The van der Waals surface area contributed by atoms with E-state index in [9.17, 15) is 0 Å². The van der Waals surface area contributed by atoms with Gasteiger partial charge in [0.05, 0.1) is 0 Å². The van der Waals surface area contributed by atoms with E-state index in [1.54, 1.807) is 0 Å². The summed E-state index contributed by atoms with van der Waals surface area (Å²) in [5.41, 5.74) is 0. The standard InChI is InChI=1S/C12H26.Al.3H/c1-6-7-8-9-12(10(2)3)11(4)5;;;;/h10-12H,6-9H2,1-5H3;;;;. The Morgan fingerprint density at radius 1 is 0.846 bits per heavy atom. The fraction of sp³-hybridized carbons (Fsp3) is 1.00. The van der Waals surface area contributed by atoms with Crippen LogP contribution in [-0.2, 0) is 0 Å². The molecule has 0 saturated heterocycles. The number of hydrogen-bond acceptors (Lipinski definition) is 0. The molecule has 0 aromatic heterocycles. The van der Waals surface area contributed by atoms with E-state index >= 15 is 0 Å². The van der Waals surface area contributed by atoms with Gasteiger partial charge in [0, 0.05) is 0 Å². The fourth-order valence-electron chi connectivity index (χ4n) is 2.07. The highest BCUT2D eigenvalue weighted by atomic mass is 27.0. The van der Waals surface area contributed by atoms with E-state index in [4.69, 9.17) is 0 Å². The number of rotatable bonds is 6. The van der Waals surface area contributed by atoms with E-state index in [0.717, 1.165) is 17.8 Å². The Kier molecular flexibility index (Phi) is 11.2. The van der Waals surface area contributed by atoms with E-state index < -0.39 is 0 Å². The minimum Gasteiger partial charge on any atom is -0.0654 e. The Morgan fingerprint density at radius 3 is 1.62 bits per heavy atom. The summed E-state index contributed by atoms with van der Waals surface area (Å²) in [7, 11) is 0. The molecule has 0 heterocycles. The van der Waals surface area contributed by atoms with Crippen molar-refractivity contribution in [1.82, 2.24) is 0 Å². The first-order valence-corrected chi connectivity index (χ1v) is 5.59. The second kappa shape index (κ2) is 9.10. The molecule has 0 amide bonds. The third-order valence-corrected chi connectivity index (χ3v) is 2.85. The van der Waals surface area contributed by atoms with Gasteiger partial charge in [-0.1, -0.05) is 53.9 Å². The van der Waals surface area contributed by atoms with Crippen LogP contribution in [0.1, 0.15) is 60.3 Å². The smallest absolute Gasteiger partial charge is 0.0654 e. The third kappa shape index (κ3) is 7.59. The first-order chi connectivity index (χ1) is 5.59. The van der Waals surface area contributed by atoms with Crippen molar-refractivity contribution >= 4 is 17.4 Å². The van der Waals surface area contributed by atoms with Crippen LogP contribution >= 0.6 is 0 Å². The first-order valence-electron chi connectivity index (χ1n) is 5.59. The quantitative estimate of drug-likeness (QED) is 0.456. The molecule has 0 bridgehead atoms. The summed E-state index contributed by atoms with van der Waals surface area (Å²) in [5, 5.41) is 0. The summed E-state index contributed by atoms with van der Waals surface area (Å²) in [6.45, 7) is 11.7. The topological polar surface area (TPSA) is 0 Å². The van der Waals surface area contributed by atoms with Crippen LogP contribution in [0.25, 0.3) is 0 Å². The predicted molar refractivity (Wildman–Crippen MR) is 67.2 cm³/mol. The summed E-state index contributed by atoms with van der Waals surface area (Å²) >= 11 is 0. The lowest BCUT2D eigenvalue weighted by atomic mass is 9.82. The van der Waals surface area contributed by atoms with Gasteiger partial charge in [-0.3, -0.25) is 0 Å². The molecular weight excluding hydrogens is 171 g/mol. The molecule has 0 rings (SSSR count). The maximum absolute atomic E-state index is 2.36. The van der Waals surface area contributed by atoms with E-state index in [2.05, 4.69) is 34.6 Å². The monoisotopic (exact) mass is 200 g/mol. The van der Waals surface area contributed by atoms with Gasteiger partial charge < -0.3 is 0 Å². The lowest BCUT2D eigenvalue weighted by Gasteiger charge is -2.24. The molecule has 80 valence electrons. The third-order valence-electron chi connectivity index (χ3n) is 2.85. The average Bonchev–Trinajstić information content (AvgIpc) is 1.96. The predicted octanol–water partition coefficient (Wildman–Crippen LogP) is 3.31. The molecule has 0 N–H and O–H groups in total.